The molecule has 0 aliphatic carbocycles. The average Bonchev–Trinajstić information content (AvgIpc) is 2.67. The van der Waals surface area contributed by atoms with Gasteiger partial charge in [0.1, 0.15) is 5.75 Å². The van der Waals surface area contributed by atoms with E-state index in [4.69, 9.17) is 9.94 Å². The van der Waals surface area contributed by atoms with Crippen LogP contribution >= 0.6 is 0 Å². The maximum atomic E-state index is 13.1. The summed E-state index contributed by atoms with van der Waals surface area (Å²) in [7, 11) is -3.49. The average molecular weight is 452 g/mol. The molecule has 13 heteroatoms. The lowest BCUT2D eigenvalue weighted by Crippen LogP contribution is -2.60. The molecule has 30 heavy (non-hydrogen) atoms. The molecule has 3 amide bonds. The molecule has 2 N–H and O–H groups in total. The van der Waals surface area contributed by atoms with E-state index in [9.17, 15) is 36.0 Å². The number of hydroxylamine groups is 1. The van der Waals surface area contributed by atoms with Gasteiger partial charge in [-0.05, 0) is 30.7 Å². The molecule has 1 aromatic rings. The topological polar surface area (TPSA) is 130 Å². The largest absolute Gasteiger partial charge is 0.494 e. The number of halogens is 3. The van der Waals surface area contributed by atoms with Crippen LogP contribution in [0.2, 0.25) is 0 Å². The van der Waals surface area contributed by atoms with Crippen LogP contribution in [-0.2, 0) is 24.2 Å². The van der Waals surface area contributed by atoms with Crippen molar-refractivity contribution in [2.24, 2.45) is 0 Å². The lowest BCUT2D eigenvalue weighted by molar-refractivity contribution is -0.152. The van der Waals surface area contributed by atoms with Crippen molar-refractivity contribution in [1.29, 1.82) is 0 Å². The van der Waals surface area contributed by atoms with Crippen LogP contribution < -0.4 is 10.2 Å². The first-order valence-corrected chi connectivity index (χ1v) is 10.1. The fraction of sp³-hybridized carbons (Fsp3) is 0.471. The molecule has 1 saturated heterocycles. The van der Waals surface area contributed by atoms with Gasteiger partial charge in [0.15, 0.2) is 14.6 Å². The molecular weight excluding hydrogens is 433 g/mol. The minimum absolute atomic E-state index is 0.0901. The van der Waals surface area contributed by atoms with E-state index < -0.39 is 62.6 Å². The minimum atomic E-state index is -4.63. The second kappa shape index (κ2) is 8.60. The van der Waals surface area contributed by atoms with Gasteiger partial charge in [0.05, 0.1) is 24.3 Å². The predicted molar refractivity (Wildman–Crippen MR) is 94.1 cm³/mol. The normalized spacial score (nSPS) is 17.0. The van der Waals surface area contributed by atoms with E-state index in [1.54, 1.807) is 0 Å². The molecule has 9 nitrogen and oxygen atoms in total. The number of imide groups is 1. The first-order valence-electron chi connectivity index (χ1n) is 8.62. The highest BCUT2D eigenvalue weighted by molar-refractivity contribution is 7.93. The number of carbonyl (C=O) groups is 3. The smallest absolute Gasteiger partial charge is 0.389 e. The van der Waals surface area contributed by atoms with Gasteiger partial charge in [-0.3, -0.25) is 24.5 Å². The van der Waals surface area contributed by atoms with Crippen LogP contribution in [0, 0.1) is 0 Å². The van der Waals surface area contributed by atoms with Crippen LogP contribution in [0.3, 0.4) is 0 Å². The Morgan fingerprint density at radius 3 is 2.20 bits per heavy atom. The van der Waals surface area contributed by atoms with Crippen molar-refractivity contribution in [1.82, 2.24) is 10.4 Å². The van der Waals surface area contributed by atoms with Crippen LogP contribution in [0.4, 0.5) is 13.2 Å². The number of benzene rings is 1. The number of nitrogens with zero attached hydrogens (tertiary/aromatic N) is 1. The Balaban J connectivity index is 2.26. The summed E-state index contributed by atoms with van der Waals surface area (Å²) in [6.07, 6.45) is -7.36. The summed E-state index contributed by atoms with van der Waals surface area (Å²) in [5.41, 5.74) is 1.21. The summed E-state index contributed by atoms with van der Waals surface area (Å²) in [6, 6.07) is 4.41. The van der Waals surface area contributed by atoms with Gasteiger partial charge in [-0.25, -0.2) is 13.9 Å². The Hall–Kier alpha value is -2.67. The monoisotopic (exact) mass is 452 g/mol. The van der Waals surface area contributed by atoms with E-state index in [0.29, 0.717) is 4.90 Å². The van der Waals surface area contributed by atoms with Gasteiger partial charge in [0.2, 0.25) is 11.8 Å². The van der Waals surface area contributed by atoms with Gasteiger partial charge < -0.3 is 4.74 Å². The Morgan fingerprint density at radius 2 is 1.73 bits per heavy atom. The quantitative estimate of drug-likeness (QED) is 0.275. The first-order chi connectivity index (χ1) is 13.8. The minimum Gasteiger partial charge on any atom is -0.494 e. The van der Waals surface area contributed by atoms with Crippen molar-refractivity contribution < 1.29 is 45.9 Å². The molecule has 0 spiro atoms. The number of sulfone groups is 1. The number of amides is 3. The van der Waals surface area contributed by atoms with Crippen LogP contribution in [-0.4, -0.2) is 60.8 Å². The highest BCUT2D eigenvalue weighted by atomic mass is 32.2. The number of rotatable bonds is 7. The number of piperidine rings is 1. The summed E-state index contributed by atoms with van der Waals surface area (Å²) < 4.78 is 65.2. The molecule has 1 aromatic carbocycles. The van der Waals surface area contributed by atoms with E-state index in [1.165, 1.54) is 17.6 Å². The highest BCUT2D eigenvalue weighted by Gasteiger charge is 2.57. The third kappa shape index (κ3) is 4.73. The standard InChI is InChI=1S/C17H19F3N2O7S/c1-22-13(23)9-16(10-14(22)24,15(25)21-26)30(27,28)12-5-3-11(4-6-12)29-8-2-7-17(18,19)20/h3-6,26H,2,7-10H2,1H3,(H,21,25). The predicted octanol–water partition coefficient (Wildman–Crippen LogP) is 1.20. The number of hydrogen-bond donors (Lipinski definition) is 2. The zero-order chi connectivity index (χ0) is 22.7. The summed E-state index contributed by atoms with van der Waals surface area (Å²) in [6.45, 7) is -0.252. The van der Waals surface area contributed by atoms with E-state index in [0.717, 1.165) is 19.2 Å². The van der Waals surface area contributed by atoms with Crippen LogP contribution in [0.25, 0.3) is 0 Å². The zero-order valence-corrected chi connectivity index (χ0v) is 16.5. The summed E-state index contributed by atoms with van der Waals surface area (Å²) in [5.74, 6) is -3.16. The molecule has 1 heterocycles. The molecule has 1 fully saturated rings. The number of likely N-dealkylation sites (tertiary alicyclic amines) is 1. The number of ether oxygens (including phenoxy) is 1. The zero-order valence-electron chi connectivity index (χ0n) is 15.7. The van der Waals surface area contributed by atoms with E-state index in [2.05, 4.69) is 0 Å². The highest BCUT2D eigenvalue weighted by Crippen LogP contribution is 2.37. The summed E-state index contributed by atoms with van der Waals surface area (Å²) in [5, 5.41) is 9.02. The van der Waals surface area contributed by atoms with Gasteiger partial charge in [-0.2, -0.15) is 13.2 Å². The molecule has 1 aliphatic heterocycles. The molecule has 2 rings (SSSR count). The lowest BCUT2D eigenvalue weighted by Gasteiger charge is -2.36. The fourth-order valence-corrected chi connectivity index (χ4v) is 4.77. The molecule has 0 bridgehead atoms. The van der Waals surface area contributed by atoms with Crippen molar-refractivity contribution >= 4 is 27.6 Å². The Morgan fingerprint density at radius 1 is 1.20 bits per heavy atom. The van der Waals surface area contributed by atoms with Crippen LogP contribution in [0.5, 0.6) is 5.75 Å². The second-order valence-corrected chi connectivity index (χ2v) is 8.94. The van der Waals surface area contributed by atoms with Crippen molar-refractivity contribution in [3.8, 4) is 5.75 Å². The molecule has 0 saturated carbocycles. The van der Waals surface area contributed by atoms with Crippen LogP contribution in [0.1, 0.15) is 25.7 Å². The third-order valence-electron chi connectivity index (χ3n) is 4.66. The molecule has 0 unspecified atom stereocenters. The van der Waals surface area contributed by atoms with Crippen molar-refractivity contribution in [2.45, 2.75) is 41.5 Å². The van der Waals surface area contributed by atoms with Crippen LogP contribution in [0.15, 0.2) is 29.2 Å². The second-order valence-electron chi connectivity index (χ2n) is 6.68. The lowest BCUT2D eigenvalue weighted by atomic mass is 9.94. The number of nitrogens with one attached hydrogen (secondary N) is 1. The first kappa shape index (κ1) is 23.6. The maximum absolute atomic E-state index is 13.1. The molecule has 1 aliphatic rings. The molecule has 166 valence electrons. The Labute approximate surface area is 169 Å². The van der Waals surface area contributed by atoms with Gasteiger partial charge in [0, 0.05) is 13.5 Å². The van der Waals surface area contributed by atoms with Gasteiger partial charge >= 0.3 is 6.18 Å². The van der Waals surface area contributed by atoms with Gasteiger partial charge in [-0.15, -0.1) is 0 Å². The number of alkyl halides is 3. The van der Waals surface area contributed by atoms with E-state index >= 15 is 0 Å². The SMILES string of the molecule is CN1C(=O)CC(C(=O)NO)(S(=O)(=O)c2ccc(OCCCC(F)(F)F)cc2)CC1=O. The fourth-order valence-electron chi connectivity index (χ4n) is 2.91. The number of carbonyl (C=O) groups excluding carboxylic acids is 3. The Bertz CT molecular complexity index is 912. The van der Waals surface area contributed by atoms with Crippen molar-refractivity contribution in [3.05, 3.63) is 24.3 Å². The molecule has 0 atom stereocenters. The molecular formula is C17H19F3N2O7S. The third-order valence-corrected chi connectivity index (χ3v) is 7.05. The van der Waals surface area contributed by atoms with Crippen molar-refractivity contribution in [2.75, 3.05) is 13.7 Å². The summed E-state index contributed by atoms with van der Waals surface area (Å²) >= 11 is 0. The van der Waals surface area contributed by atoms with E-state index in [-0.39, 0.29) is 18.8 Å². The van der Waals surface area contributed by atoms with E-state index in [1.807, 2.05) is 0 Å². The van der Waals surface area contributed by atoms with Gasteiger partial charge in [-0.1, -0.05) is 0 Å². The Kier molecular flexibility index (Phi) is 6.76. The molecule has 0 radical (unpaired) electrons. The summed E-state index contributed by atoms with van der Waals surface area (Å²) in [4.78, 5) is 36.6. The maximum Gasteiger partial charge on any atom is 0.389 e. The number of hydrogen-bond acceptors (Lipinski definition) is 7. The van der Waals surface area contributed by atoms with Crippen molar-refractivity contribution in [3.63, 3.8) is 0 Å². The van der Waals surface area contributed by atoms with Gasteiger partial charge in [0.25, 0.3) is 5.91 Å². The molecule has 0 aromatic heterocycles.